The predicted molar refractivity (Wildman–Crippen MR) is 50.8 cm³/mol. The van der Waals surface area contributed by atoms with Crippen LogP contribution in [0.1, 0.15) is 6.42 Å². The van der Waals surface area contributed by atoms with E-state index in [2.05, 4.69) is 5.32 Å². The highest BCUT2D eigenvalue weighted by atomic mass is 16.4. The van der Waals surface area contributed by atoms with Crippen LogP contribution in [0.4, 0.5) is 0 Å². The lowest BCUT2D eigenvalue weighted by Crippen LogP contribution is -2.34. The summed E-state index contributed by atoms with van der Waals surface area (Å²) in [5, 5.41) is 11.6. The molecular formula is C9H16N2O3. The Labute approximate surface area is 83.1 Å². The van der Waals surface area contributed by atoms with Crippen molar-refractivity contribution >= 4 is 11.9 Å². The molecule has 0 aliphatic heterocycles. The molecule has 80 valence electrons. The molecule has 0 bridgehead atoms. The summed E-state index contributed by atoms with van der Waals surface area (Å²) in [7, 11) is 3.52. The molecule has 0 aromatic rings. The molecule has 0 unspecified atom stereocenters. The Bertz CT molecular complexity index is 242. The zero-order valence-corrected chi connectivity index (χ0v) is 8.49. The normalized spacial score (nSPS) is 24.4. The van der Waals surface area contributed by atoms with Gasteiger partial charge < -0.3 is 15.3 Å². The Morgan fingerprint density at radius 2 is 2.14 bits per heavy atom. The van der Waals surface area contributed by atoms with Gasteiger partial charge in [-0.2, -0.15) is 0 Å². The van der Waals surface area contributed by atoms with Crippen LogP contribution in [0.3, 0.4) is 0 Å². The molecule has 0 aromatic heterocycles. The summed E-state index contributed by atoms with van der Waals surface area (Å²) in [6.07, 6.45) is 0.498. The fraction of sp³-hybridized carbons (Fsp3) is 0.778. The van der Waals surface area contributed by atoms with Crippen molar-refractivity contribution < 1.29 is 14.7 Å². The summed E-state index contributed by atoms with van der Waals surface area (Å²) in [5.41, 5.74) is 0. The van der Waals surface area contributed by atoms with Gasteiger partial charge in [0.2, 0.25) is 5.91 Å². The third-order valence-electron chi connectivity index (χ3n) is 2.50. The second-order valence-corrected chi connectivity index (χ2v) is 3.65. The van der Waals surface area contributed by atoms with Crippen molar-refractivity contribution in [2.75, 3.05) is 27.2 Å². The van der Waals surface area contributed by atoms with Crippen molar-refractivity contribution in [2.45, 2.75) is 6.42 Å². The van der Waals surface area contributed by atoms with Crippen molar-refractivity contribution in [3.8, 4) is 0 Å². The number of amides is 1. The molecule has 1 amide bonds. The molecule has 0 heterocycles. The van der Waals surface area contributed by atoms with Crippen LogP contribution < -0.4 is 5.32 Å². The summed E-state index contributed by atoms with van der Waals surface area (Å²) in [6, 6.07) is 0. The zero-order chi connectivity index (χ0) is 10.7. The number of hydrogen-bond donors (Lipinski definition) is 2. The first-order valence-corrected chi connectivity index (χ1v) is 4.70. The number of nitrogens with zero attached hydrogens (tertiary/aromatic N) is 1. The van der Waals surface area contributed by atoms with Crippen LogP contribution in [0.2, 0.25) is 0 Å². The van der Waals surface area contributed by atoms with Crippen molar-refractivity contribution in [3.05, 3.63) is 0 Å². The monoisotopic (exact) mass is 200 g/mol. The second-order valence-electron chi connectivity index (χ2n) is 3.65. The molecule has 5 nitrogen and oxygen atoms in total. The van der Waals surface area contributed by atoms with E-state index in [9.17, 15) is 9.59 Å². The predicted octanol–water partition coefficient (Wildman–Crippen LogP) is -0.615. The number of carbonyl (C=O) groups is 2. The maximum absolute atomic E-state index is 11.6. The summed E-state index contributed by atoms with van der Waals surface area (Å²) in [5.74, 6) is -1.63. The molecule has 1 saturated carbocycles. The quantitative estimate of drug-likeness (QED) is 0.621. The van der Waals surface area contributed by atoms with E-state index >= 15 is 0 Å². The van der Waals surface area contributed by atoms with Crippen molar-refractivity contribution in [1.29, 1.82) is 0 Å². The topological polar surface area (TPSA) is 69.6 Å². The first-order chi connectivity index (χ1) is 6.57. The lowest BCUT2D eigenvalue weighted by molar-refractivity contribution is -0.141. The molecule has 2 N–H and O–H groups in total. The SMILES string of the molecule is CNCCN(C)C(=O)[C@@H]1C[C@@H]1C(=O)O. The van der Waals surface area contributed by atoms with Gasteiger partial charge in [0.1, 0.15) is 0 Å². The average molecular weight is 200 g/mol. The maximum atomic E-state index is 11.6. The van der Waals surface area contributed by atoms with E-state index in [-0.39, 0.29) is 11.8 Å². The minimum Gasteiger partial charge on any atom is -0.481 e. The van der Waals surface area contributed by atoms with Crippen molar-refractivity contribution in [1.82, 2.24) is 10.2 Å². The Hall–Kier alpha value is -1.10. The highest BCUT2D eigenvalue weighted by molar-refractivity contribution is 5.89. The first kappa shape index (κ1) is 11.0. The van der Waals surface area contributed by atoms with E-state index in [0.717, 1.165) is 6.54 Å². The van der Waals surface area contributed by atoms with E-state index in [4.69, 9.17) is 5.11 Å². The Kier molecular flexibility index (Phi) is 3.46. The summed E-state index contributed by atoms with van der Waals surface area (Å²) in [4.78, 5) is 23.7. The Morgan fingerprint density at radius 1 is 1.50 bits per heavy atom. The van der Waals surface area contributed by atoms with Crippen LogP contribution in [-0.2, 0) is 9.59 Å². The Morgan fingerprint density at radius 3 is 2.57 bits per heavy atom. The molecular weight excluding hydrogens is 184 g/mol. The van der Waals surface area contributed by atoms with E-state index in [1.165, 1.54) is 0 Å². The third-order valence-corrected chi connectivity index (χ3v) is 2.50. The van der Waals surface area contributed by atoms with Crippen molar-refractivity contribution in [3.63, 3.8) is 0 Å². The summed E-state index contributed by atoms with van der Waals surface area (Å²) < 4.78 is 0. The van der Waals surface area contributed by atoms with E-state index in [0.29, 0.717) is 13.0 Å². The van der Waals surface area contributed by atoms with Gasteiger partial charge in [-0.25, -0.2) is 0 Å². The van der Waals surface area contributed by atoms with Gasteiger partial charge in [0, 0.05) is 20.1 Å². The molecule has 1 rings (SSSR count). The number of nitrogens with one attached hydrogen (secondary N) is 1. The van der Waals surface area contributed by atoms with Gasteiger partial charge in [0.25, 0.3) is 0 Å². The molecule has 5 heteroatoms. The molecule has 0 spiro atoms. The smallest absolute Gasteiger partial charge is 0.307 e. The fourth-order valence-electron chi connectivity index (χ4n) is 1.41. The minimum atomic E-state index is -0.856. The first-order valence-electron chi connectivity index (χ1n) is 4.70. The van der Waals surface area contributed by atoms with Crippen LogP contribution in [-0.4, -0.2) is 49.1 Å². The van der Waals surface area contributed by atoms with Crippen LogP contribution in [0.15, 0.2) is 0 Å². The minimum absolute atomic E-state index is 0.0485. The number of carboxylic acids is 1. The number of aliphatic carboxylic acids is 1. The summed E-state index contributed by atoms with van der Waals surface area (Å²) in [6.45, 7) is 1.35. The number of likely N-dealkylation sites (N-methyl/N-ethyl adjacent to an activating group) is 2. The van der Waals surface area contributed by atoms with Crippen LogP contribution in [0, 0.1) is 11.8 Å². The van der Waals surface area contributed by atoms with Crippen LogP contribution >= 0.6 is 0 Å². The zero-order valence-electron chi connectivity index (χ0n) is 8.49. The Balaban J connectivity index is 2.32. The van der Waals surface area contributed by atoms with Gasteiger partial charge in [0.05, 0.1) is 11.8 Å². The van der Waals surface area contributed by atoms with E-state index in [1.54, 1.807) is 11.9 Å². The maximum Gasteiger partial charge on any atom is 0.307 e. The standard InChI is InChI=1S/C9H16N2O3/c1-10-3-4-11(2)8(12)6-5-7(6)9(13)14/h6-7,10H,3-5H2,1-2H3,(H,13,14)/t6-,7+/m1/s1. The molecule has 0 radical (unpaired) electrons. The van der Waals surface area contributed by atoms with Gasteiger partial charge >= 0.3 is 5.97 Å². The van der Waals surface area contributed by atoms with Gasteiger partial charge in [-0.05, 0) is 13.5 Å². The second kappa shape index (κ2) is 4.41. The average Bonchev–Trinajstić information content (AvgIpc) is 2.92. The van der Waals surface area contributed by atoms with Gasteiger partial charge in [-0.15, -0.1) is 0 Å². The molecule has 14 heavy (non-hydrogen) atoms. The van der Waals surface area contributed by atoms with E-state index < -0.39 is 11.9 Å². The lowest BCUT2D eigenvalue weighted by atomic mass is 10.3. The molecule has 1 aliphatic carbocycles. The third kappa shape index (κ3) is 2.45. The van der Waals surface area contributed by atoms with E-state index in [1.807, 2.05) is 7.05 Å². The van der Waals surface area contributed by atoms with Gasteiger partial charge in [-0.3, -0.25) is 9.59 Å². The molecule has 0 aromatic carbocycles. The number of hydrogen-bond acceptors (Lipinski definition) is 3. The highest BCUT2D eigenvalue weighted by Crippen LogP contribution is 2.39. The highest BCUT2D eigenvalue weighted by Gasteiger charge is 2.49. The van der Waals surface area contributed by atoms with Crippen LogP contribution in [0.5, 0.6) is 0 Å². The number of carboxylic acid groups (broad SMARTS) is 1. The molecule has 2 atom stereocenters. The number of rotatable bonds is 5. The van der Waals surface area contributed by atoms with Gasteiger partial charge in [-0.1, -0.05) is 0 Å². The summed E-state index contributed by atoms with van der Waals surface area (Å²) >= 11 is 0. The molecule has 1 fully saturated rings. The molecule has 0 saturated heterocycles. The number of carbonyl (C=O) groups excluding carboxylic acids is 1. The van der Waals surface area contributed by atoms with Crippen molar-refractivity contribution in [2.24, 2.45) is 11.8 Å². The fourth-order valence-corrected chi connectivity index (χ4v) is 1.41. The largest absolute Gasteiger partial charge is 0.481 e. The lowest BCUT2D eigenvalue weighted by Gasteiger charge is -2.16. The van der Waals surface area contributed by atoms with Gasteiger partial charge in [0.15, 0.2) is 0 Å². The van der Waals surface area contributed by atoms with Crippen LogP contribution in [0.25, 0.3) is 0 Å². The molecule has 1 aliphatic rings.